The summed E-state index contributed by atoms with van der Waals surface area (Å²) < 4.78 is 5.60. The van der Waals surface area contributed by atoms with Crippen molar-refractivity contribution in [2.45, 2.75) is 63.8 Å². The molecule has 35 heavy (non-hydrogen) atoms. The molecule has 1 atom stereocenters. The molecule has 4 rings (SSSR count). The Bertz CT molecular complexity index is 1030. The van der Waals surface area contributed by atoms with E-state index in [0.717, 1.165) is 41.5 Å². The molecule has 0 radical (unpaired) electrons. The van der Waals surface area contributed by atoms with Crippen molar-refractivity contribution in [2.75, 3.05) is 13.2 Å². The molecule has 2 aliphatic carbocycles. The average Bonchev–Trinajstić information content (AvgIpc) is 3.20. The lowest BCUT2D eigenvalue weighted by Crippen LogP contribution is -2.51. The van der Waals surface area contributed by atoms with Crippen molar-refractivity contribution in [3.63, 3.8) is 0 Å². The van der Waals surface area contributed by atoms with Crippen molar-refractivity contribution in [1.29, 1.82) is 0 Å². The zero-order chi connectivity index (χ0) is 24.8. The number of hydrogen-bond donors (Lipinski definition) is 3. The van der Waals surface area contributed by atoms with Gasteiger partial charge in [-0.2, -0.15) is 0 Å². The summed E-state index contributed by atoms with van der Waals surface area (Å²) in [5, 5.41) is 15.3. The molecule has 2 aromatic rings. The number of benzene rings is 2. The molecule has 0 saturated heterocycles. The van der Waals surface area contributed by atoms with Crippen molar-refractivity contribution in [3.8, 4) is 11.1 Å². The number of fused-ring (bicyclic) bond motifs is 3. The van der Waals surface area contributed by atoms with E-state index >= 15 is 0 Å². The summed E-state index contributed by atoms with van der Waals surface area (Å²) in [6.45, 7) is 2.18. The first-order valence-electron chi connectivity index (χ1n) is 12.6. The second kappa shape index (κ2) is 10.9. The second-order valence-electron chi connectivity index (χ2n) is 9.68. The van der Waals surface area contributed by atoms with Gasteiger partial charge in [0.2, 0.25) is 5.91 Å². The lowest BCUT2D eigenvalue weighted by molar-refractivity contribution is -0.151. The Morgan fingerprint density at radius 3 is 2.17 bits per heavy atom. The fraction of sp³-hybridized carbons (Fsp3) is 0.464. The summed E-state index contributed by atoms with van der Waals surface area (Å²) in [5.74, 6) is -1.30. The van der Waals surface area contributed by atoms with Crippen molar-refractivity contribution in [2.24, 2.45) is 5.41 Å². The molecule has 1 saturated carbocycles. The molecular formula is C28H34N2O5. The van der Waals surface area contributed by atoms with E-state index in [2.05, 4.69) is 34.9 Å². The van der Waals surface area contributed by atoms with E-state index < -0.39 is 23.5 Å². The minimum Gasteiger partial charge on any atom is -0.481 e. The Morgan fingerprint density at radius 1 is 1.00 bits per heavy atom. The summed E-state index contributed by atoms with van der Waals surface area (Å²) in [4.78, 5) is 37.5. The van der Waals surface area contributed by atoms with Crippen molar-refractivity contribution >= 4 is 18.0 Å². The molecule has 0 unspecified atom stereocenters. The van der Waals surface area contributed by atoms with Crippen LogP contribution in [0, 0.1) is 5.41 Å². The number of carboxylic acid groups (broad SMARTS) is 1. The summed E-state index contributed by atoms with van der Waals surface area (Å²) in [6, 6.07) is 15.5. The average molecular weight is 479 g/mol. The minimum absolute atomic E-state index is 0.0617. The van der Waals surface area contributed by atoms with E-state index in [0.29, 0.717) is 25.7 Å². The molecule has 0 heterocycles. The number of carboxylic acids is 1. The van der Waals surface area contributed by atoms with Gasteiger partial charge in [0, 0.05) is 12.5 Å². The van der Waals surface area contributed by atoms with Crippen LogP contribution < -0.4 is 10.6 Å². The fourth-order valence-corrected chi connectivity index (χ4v) is 5.41. The molecule has 0 bridgehead atoms. The highest BCUT2D eigenvalue weighted by atomic mass is 16.5. The normalized spacial score (nSPS) is 17.1. The third-order valence-corrected chi connectivity index (χ3v) is 7.39. The van der Waals surface area contributed by atoms with Gasteiger partial charge in [0.15, 0.2) is 0 Å². The predicted molar refractivity (Wildman–Crippen MR) is 133 cm³/mol. The topological polar surface area (TPSA) is 105 Å². The van der Waals surface area contributed by atoms with Gasteiger partial charge in [-0.25, -0.2) is 4.79 Å². The minimum atomic E-state index is -0.922. The standard InChI is InChI=1S/C28H34N2O5/c1-2-10-24(25(31)29-18-28(26(32)33)15-8-3-9-16-28)30-27(34)35-17-23-21-13-6-4-11-19(21)20-12-5-7-14-22(20)23/h4-7,11-14,23-24H,2-3,8-10,15-18H2,1H3,(H,29,31)(H,30,34)(H,32,33)/t24-/m1/s1. The Balaban J connectivity index is 1.36. The molecule has 186 valence electrons. The first-order valence-corrected chi connectivity index (χ1v) is 12.6. The SMILES string of the molecule is CCC[C@@H](NC(=O)OCC1c2ccccc2-c2ccccc21)C(=O)NCC1(C(=O)O)CCCCC1. The number of alkyl carbamates (subject to hydrolysis) is 1. The smallest absolute Gasteiger partial charge is 0.407 e. The van der Waals surface area contributed by atoms with Crippen LogP contribution in [0.25, 0.3) is 11.1 Å². The Kier molecular flexibility index (Phi) is 7.73. The summed E-state index contributed by atoms with van der Waals surface area (Å²) in [5.41, 5.74) is 3.62. The van der Waals surface area contributed by atoms with Crippen LogP contribution in [0.4, 0.5) is 4.79 Å². The molecule has 0 spiro atoms. The lowest BCUT2D eigenvalue weighted by Gasteiger charge is -2.33. The third-order valence-electron chi connectivity index (χ3n) is 7.39. The number of ether oxygens (including phenoxy) is 1. The number of carbonyl (C=O) groups excluding carboxylic acids is 2. The highest BCUT2D eigenvalue weighted by Gasteiger charge is 2.40. The van der Waals surface area contributed by atoms with Gasteiger partial charge >= 0.3 is 12.1 Å². The predicted octanol–water partition coefficient (Wildman–Crippen LogP) is 4.85. The van der Waals surface area contributed by atoms with Gasteiger partial charge in [0.25, 0.3) is 0 Å². The molecule has 7 heteroatoms. The summed E-state index contributed by atoms with van der Waals surface area (Å²) >= 11 is 0. The lowest BCUT2D eigenvalue weighted by atomic mass is 9.74. The first kappa shape index (κ1) is 24.8. The van der Waals surface area contributed by atoms with Gasteiger partial charge in [0.1, 0.15) is 12.6 Å². The van der Waals surface area contributed by atoms with E-state index in [1.807, 2.05) is 31.2 Å². The van der Waals surface area contributed by atoms with Crippen LogP contribution in [0.5, 0.6) is 0 Å². The van der Waals surface area contributed by atoms with Crippen molar-refractivity contribution < 1.29 is 24.2 Å². The van der Waals surface area contributed by atoms with E-state index in [-0.39, 0.29) is 25.0 Å². The molecule has 3 N–H and O–H groups in total. The van der Waals surface area contributed by atoms with Gasteiger partial charge in [-0.3, -0.25) is 9.59 Å². The van der Waals surface area contributed by atoms with E-state index in [4.69, 9.17) is 4.74 Å². The second-order valence-corrected chi connectivity index (χ2v) is 9.68. The van der Waals surface area contributed by atoms with Gasteiger partial charge < -0.3 is 20.5 Å². The fourth-order valence-electron chi connectivity index (χ4n) is 5.41. The Morgan fingerprint density at radius 2 is 1.60 bits per heavy atom. The first-order chi connectivity index (χ1) is 16.9. The van der Waals surface area contributed by atoms with Gasteiger partial charge in [-0.1, -0.05) is 81.1 Å². The third kappa shape index (κ3) is 5.34. The van der Waals surface area contributed by atoms with Gasteiger partial charge in [-0.05, 0) is 41.5 Å². The van der Waals surface area contributed by atoms with E-state index in [1.54, 1.807) is 0 Å². The number of rotatable bonds is 9. The Labute approximate surface area is 206 Å². The summed E-state index contributed by atoms with van der Waals surface area (Å²) in [6.07, 6.45) is 4.30. The molecule has 2 aliphatic rings. The van der Waals surface area contributed by atoms with Gasteiger partial charge in [-0.15, -0.1) is 0 Å². The summed E-state index contributed by atoms with van der Waals surface area (Å²) in [7, 11) is 0. The molecule has 7 nitrogen and oxygen atoms in total. The number of nitrogens with one attached hydrogen (secondary N) is 2. The highest BCUT2D eigenvalue weighted by Crippen LogP contribution is 2.44. The van der Waals surface area contributed by atoms with Crippen LogP contribution in [-0.4, -0.2) is 42.3 Å². The monoisotopic (exact) mass is 478 g/mol. The van der Waals surface area contributed by atoms with E-state index in [1.165, 1.54) is 0 Å². The molecule has 0 aliphatic heterocycles. The highest BCUT2D eigenvalue weighted by molar-refractivity contribution is 5.86. The maximum atomic E-state index is 12.9. The molecule has 2 aromatic carbocycles. The molecular weight excluding hydrogens is 444 g/mol. The zero-order valence-corrected chi connectivity index (χ0v) is 20.2. The number of aliphatic carboxylic acids is 1. The maximum Gasteiger partial charge on any atom is 0.407 e. The molecule has 1 fully saturated rings. The molecule has 2 amide bonds. The van der Waals surface area contributed by atoms with Crippen LogP contribution in [0.3, 0.4) is 0 Å². The van der Waals surface area contributed by atoms with Crippen LogP contribution in [0.2, 0.25) is 0 Å². The van der Waals surface area contributed by atoms with E-state index in [9.17, 15) is 19.5 Å². The van der Waals surface area contributed by atoms with Crippen molar-refractivity contribution in [1.82, 2.24) is 10.6 Å². The van der Waals surface area contributed by atoms with Crippen LogP contribution in [-0.2, 0) is 14.3 Å². The number of amides is 2. The maximum absolute atomic E-state index is 12.9. The van der Waals surface area contributed by atoms with Crippen LogP contribution in [0.1, 0.15) is 68.9 Å². The largest absolute Gasteiger partial charge is 0.481 e. The van der Waals surface area contributed by atoms with Crippen LogP contribution >= 0.6 is 0 Å². The van der Waals surface area contributed by atoms with Crippen LogP contribution in [0.15, 0.2) is 48.5 Å². The quantitative estimate of drug-likeness (QED) is 0.478. The number of carbonyl (C=O) groups is 3. The Hall–Kier alpha value is -3.35. The number of hydrogen-bond acceptors (Lipinski definition) is 4. The zero-order valence-electron chi connectivity index (χ0n) is 20.2. The van der Waals surface area contributed by atoms with Gasteiger partial charge in [0.05, 0.1) is 5.41 Å². The van der Waals surface area contributed by atoms with Crippen molar-refractivity contribution in [3.05, 3.63) is 59.7 Å². The molecule has 0 aromatic heterocycles.